The van der Waals surface area contributed by atoms with Crippen molar-refractivity contribution in [3.8, 4) is 11.5 Å². The Hall–Kier alpha value is -1.97. The maximum atomic E-state index is 5.94. The Kier molecular flexibility index (Phi) is 3.55. The van der Waals surface area contributed by atoms with E-state index in [-0.39, 0.29) is 0 Å². The maximum Gasteiger partial charge on any atom is 0.191 e. The molecular weight excluding hydrogens is 226 g/mol. The van der Waals surface area contributed by atoms with E-state index in [0.717, 1.165) is 29.6 Å². The lowest BCUT2D eigenvalue weighted by Gasteiger charge is -2.09. The Balaban J connectivity index is 2.30. The van der Waals surface area contributed by atoms with E-state index in [0.29, 0.717) is 0 Å². The fourth-order valence-corrected chi connectivity index (χ4v) is 1.94. The summed E-state index contributed by atoms with van der Waals surface area (Å²) in [6.45, 7) is 8.92. The summed E-state index contributed by atoms with van der Waals surface area (Å²) in [6.07, 6.45) is 0. The second-order valence-corrected chi connectivity index (χ2v) is 4.48. The third-order valence-corrected chi connectivity index (χ3v) is 2.65. The van der Waals surface area contributed by atoms with Crippen molar-refractivity contribution in [2.45, 2.75) is 27.7 Å². The lowest BCUT2D eigenvalue weighted by Crippen LogP contribution is -1.99. The van der Waals surface area contributed by atoms with E-state index >= 15 is 0 Å². The molecule has 0 saturated carbocycles. The molecule has 0 aliphatic rings. The van der Waals surface area contributed by atoms with Crippen LogP contribution in [0.15, 0.2) is 18.2 Å². The molecule has 0 atom stereocenters. The first-order chi connectivity index (χ1) is 8.60. The van der Waals surface area contributed by atoms with E-state index in [1.165, 1.54) is 11.1 Å². The number of ether oxygens (including phenoxy) is 1. The molecule has 0 radical (unpaired) electrons. The molecule has 0 aliphatic carbocycles. The van der Waals surface area contributed by atoms with E-state index in [4.69, 9.17) is 4.74 Å². The minimum Gasteiger partial charge on any atom is -0.451 e. The predicted octanol–water partition coefficient (Wildman–Crippen LogP) is 3.56. The van der Waals surface area contributed by atoms with Crippen molar-refractivity contribution in [2.24, 2.45) is 0 Å². The van der Waals surface area contributed by atoms with Crippen molar-refractivity contribution in [1.29, 1.82) is 0 Å². The minimum absolute atomic E-state index is 0.758. The molecule has 1 aromatic heterocycles. The molecule has 18 heavy (non-hydrogen) atoms. The van der Waals surface area contributed by atoms with E-state index in [2.05, 4.69) is 35.4 Å². The van der Waals surface area contributed by atoms with Crippen molar-refractivity contribution in [3.63, 3.8) is 0 Å². The summed E-state index contributed by atoms with van der Waals surface area (Å²) in [5.41, 5.74) is 3.30. The van der Waals surface area contributed by atoms with Crippen LogP contribution >= 0.6 is 0 Å². The third kappa shape index (κ3) is 2.64. The van der Waals surface area contributed by atoms with Crippen LogP contribution in [-0.4, -0.2) is 16.7 Å². The Bertz CT molecular complexity index is 526. The van der Waals surface area contributed by atoms with Crippen molar-refractivity contribution < 1.29 is 4.74 Å². The van der Waals surface area contributed by atoms with Crippen LogP contribution in [0.25, 0.3) is 0 Å². The van der Waals surface area contributed by atoms with Crippen molar-refractivity contribution in [2.75, 3.05) is 11.9 Å². The molecule has 4 nitrogen and oxygen atoms in total. The lowest BCUT2D eigenvalue weighted by atomic mass is 10.1. The molecule has 1 heterocycles. The van der Waals surface area contributed by atoms with Crippen molar-refractivity contribution in [3.05, 3.63) is 35.0 Å². The molecule has 0 aliphatic heterocycles. The number of H-pyrrole nitrogens is 1. The number of rotatable bonds is 4. The highest BCUT2D eigenvalue weighted by Gasteiger charge is 2.12. The van der Waals surface area contributed by atoms with E-state index in [1.54, 1.807) is 0 Å². The van der Waals surface area contributed by atoms with Gasteiger partial charge in [-0.05, 0) is 51.0 Å². The van der Waals surface area contributed by atoms with Crippen LogP contribution in [0.4, 0.5) is 5.82 Å². The zero-order valence-corrected chi connectivity index (χ0v) is 11.3. The number of aromatic amines is 1. The van der Waals surface area contributed by atoms with Gasteiger partial charge in [0, 0.05) is 6.54 Å². The summed E-state index contributed by atoms with van der Waals surface area (Å²) in [7, 11) is 0. The molecule has 0 fully saturated rings. The Morgan fingerprint density at radius 1 is 1.17 bits per heavy atom. The molecule has 0 spiro atoms. The van der Waals surface area contributed by atoms with Gasteiger partial charge in [0.25, 0.3) is 0 Å². The van der Waals surface area contributed by atoms with Gasteiger partial charge < -0.3 is 10.1 Å². The molecule has 2 N–H and O–H groups in total. The highest BCUT2D eigenvalue weighted by Crippen LogP contribution is 2.31. The summed E-state index contributed by atoms with van der Waals surface area (Å²) >= 11 is 0. The number of nitrogens with one attached hydrogen (secondary N) is 2. The second kappa shape index (κ2) is 5.12. The monoisotopic (exact) mass is 245 g/mol. The first kappa shape index (κ1) is 12.5. The maximum absolute atomic E-state index is 5.94. The van der Waals surface area contributed by atoms with Crippen LogP contribution in [0.5, 0.6) is 11.5 Å². The predicted molar refractivity (Wildman–Crippen MR) is 73.5 cm³/mol. The molecule has 2 rings (SSSR count). The number of aryl methyl sites for hydroxylation is 3. The summed E-state index contributed by atoms with van der Waals surface area (Å²) < 4.78 is 5.94. The second-order valence-electron chi connectivity index (χ2n) is 4.48. The molecule has 0 saturated heterocycles. The van der Waals surface area contributed by atoms with Gasteiger partial charge in [0.15, 0.2) is 11.6 Å². The van der Waals surface area contributed by atoms with Gasteiger partial charge in [-0.2, -0.15) is 5.10 Å². The van der Waals surface area contributed by atoms with Gasteiger partial charge in [0.05, 0.1) is 5.69 Å². The quantitative estimate of drug-likeness (QED) is 0.866. The Morgan fingerprint density at radius 3 is 2.44 bits per heavy atom. The largest absolute Gasteiger partial charge is 0.451 e. The van der Waals surface area contributed by atoms with Gasteiger partial charge in [0.2, 0.25) is 0 Å². The van der Waals surface area contributed by atoms with Crippen LogP contribution < -0.4 is 10.1 Å². The van der Waals surface area contributed by atoms with Gasteiger partial charge in [-0.15, -0.1) is 0 Å². The fraction of sp³-hybridized carbons (Fsp3) is 0.357. The van der Waals surface area contributed by atoms with Gasteiger partial charge in [0.1, 0.15) is 5.75 Å². The molecular formula is C14H19N3O. The molecule has 0 unspecified atom stereocenters. The smallest absolute Gasteiger partial charge is 0.191 e. The molecule has 2 aromatic rings. The number of hydrogen-bond donors (Lipinski definition) is 2. The summed E-state index contributed by atoms with van der Waals surface area (Å²) in [5, 5.41) is 10.3. The average molecular weight is 245 g/mol. The van der Waals surface area contributed by atoms with Crippen LogP contribution in [-0.2, 0) is 0 Å². The zero-order valence-electron chi connectivity index (χ0n) is 11.3. The van der Waals surface area contributed by atoms with Gasteiger partial charge >= 0.3 is 0 Å². The summed E-state index contributed by atoms with van der Waals surface area (Å²) in [6, 6.07) is 6.17. The Labute approximate surface area is 107 Å². The van der Waals surface area contributed by atoms with E-state index in [1.807, 2.05) is 26.0 Å². The normalized spacial score (nSPS) is 10.4. The highest BCUT2D eigenvalue weighted by molar-refractivity contribution is 5.54. The van der Waals surface area contributed by atoms with E-state index < -0.39 is 0 Å². The summed E-state index contributed by atoms with van der Waals surface area (Å²) in [4.78, 5) is 0. The number of benzene rings is 1. The van der Waals surface area contributed by atoms with Crippen LogP contribution in [0, 0.1) is 20.8 Å². The third-order valence-electron chi connectivity index (χ3n) is 2.65. The SMILES string of the molecule is CCNc1n[nH]c(C)c1Oc1cc(C)cc(C)c1. The van der Waals surface area contributed by atoms with Crippen LogP contribution in [0.3, 0.4) is 0 Å². The first-order valence-corrected chi connectivity index (χ1v) is 6.15. The standard InChI is InChI=1S/C14H19N3O/c1-5-15-14-13(11(4)16-17-14)18-12-7-9(2)6-10(3)8-12/h6-8H,5H2,1-4H3,(H2,15,16,17). The highest BCUT2D eigenvalue weighted by atomic mass is 16.5. The molecule has 0 bridgehead atoms. The van der Waals surface area contributed by atoms with Crippen LogP contribution in [0.2, 0.25) is 0 Å². The molecule has 0 amide bonds. The van der Waals surface area contributed by atoms with Gasteiger partial charge in [-0.3, -0.25) is 5.10 Å². The summed E-state index contributed by atoms with van der Waals surface area (Å²) in [5.74, 6) is 2.37. The van der Waals surface area contributed by atoms with E-state index in [9.17, 15) is 0 Å². The lowest BCUT2D eigenvalue weighted by molar-refractivity contribution is 0.480. The fourth-order valence-electron chi connectivity index (χ4n) is 1.94. The number of hydrogen-bond acceptors (Lipinski definition) is 3. The average Bonchev–Trinajstić information content (AvgIpc) is 2.61. The first-order valence-electron chi connectivity index (χ1n) is 6.15. The topological polar surface area (TPSA) is 49.9 Å². The van der Waals surface area contributed by atoms with Gasteiger partial charge in [-0.1, -0.05) is 6.07 Å². The zero-order chi connectivity index (χ0) is 13.1. The number of anilines is 1. The van der Waals surface area contributed by atoms with Gasteiger partial charge in [-0.25, -0.2) is 0 Å². The number of nitrogens with zero attached hydrogens (tertiary/aromatic N) is 1. The van der Waals surface area contributed by atoms with Crippen molar-refractivity contribution in [1.82, 2.24) is 10.2 Å². The van der Waals surface area contributed by atoms with Crippen molar-refractivity contribution >= 4 is 5.82 Å². The minimum atomic E-state index is 0.758. The molecule has 4 heteroatoms. The van der Waals surface area contributed by atoms with Crippen LogP contribution in [0.1, 0.15) is 23.7 Å². The molecule has 96 valence electrons. The number of aromatic nitrogens is 2. The Morgan fingerprint density at radius 2 is 1.83 bits per heavy atom. The molecule has 1 aromatic carbocycles.